The van der Waals surface area contributed by atoms with Gasteiger partial charge in [0.25, 0.3) is 0 Å². The SMILES string of the molecule is CC(C)(C)c1cc([N+](=O)[O-])c(F)c(Br)c1N. The van der Waals surface area contributed by atoms with Crippen LogP contribution in [0, 0.1) is 15.9 Å². The van der Waals surface area contributed by atoms with E-state index in [1.54, 1.807) is 0 Å². The van der Waals surface area contributed by atoms with Crippen molar-refractivity contribution >= 4 is 27.3 Å². The maximum atomic E-state index is 13.5. The highest BCUT2D eigenvalue weighted by atomic mass is 79.9. The molecule has 2 N–H and O–H groups in total. The van der Waals surface area contributed by atoms with Crippen molar-refractivity contribution in [1.29, 1.82) is 0 Å². The smallest absolute Gasteiger partial charge is 0.306 e. The zero-order chi connectivity index (χ0) is 12.7. The first-order valence-electron chi connectivity index (χ1n) is 4.58. The summed E-state index contributed by atoms with van der Waals surface area (Å²) >= 11 is 2.94. The Morgan fingerprint density at radius 3 is 2.38 bits per heavy atom. The summed E-state index contributed by atoms with van der Waals surface area (Å²) in [4.78, 5) is 9.91. The third-order valence-corrected chi connectivity index (χ3v) is 3.01. The van der Waals surface area contributed by atoms with E-state index < -0.39 is 16.4 Å². The number of halogens is 2. The van der Waals surface area contributed by atoms with E-state index in [9.17, 15) is 14.5 Å². The van der Waals surface area contributed by atoms with Gasteiger partial charge in [-0.3, -0.25) is 10.1 Å². The highest BCUT2D eigenvalue weighted by molar-refractivity contribution is 9.10. The lowest BCUT2D eigenvalue weighted by molar-refractivity contribution is -0.387. The number of nitro groups is 1. The van der Waals surface area contributed by atoms with E-state index in [1.165, 1.54) is 6.07 Å². The van der Waals surface area contributed by atoms with Crippen molar-refractivity contribution < 1.29 is 9.31 Å². The first kappa shape index (κ1) is 12.9. The monoisotopic (exact) mass is 290 g/mol. The summed E-state index contributed by atoms with van der Waals surface area (Å²) in [5.74, 6) is -0.935. The molecule has 0 aromatic heterocycles. The molecule has 6 heteroatoms. The van der Waals surface area contributed by atoms with Crippen molar-refractivity contribution in [1.82, 2.24) is 0 Å². The van der Waals surface area contributed by atoms with E-state index in [0.717, 1.165) is 0 Å². The van der Waals surface area contributed by atoms with Gasteiger partial charge in [0.15, 0.2) is 0 Å². The average molecular weight is 291 g/mol. The van der Waals surface area contributed by atoms with Crippen molar-refractivity contribution in [3.63, 3.8) is 0 Å². The topological polar surface area (TPSA) is 69.2 Å². The van der Waals surface area contributed by atoms with Crippen molar-refractivity contribution in [3.05, 3.63) is 32.0 Å². The lowest BCUT2D eigenvalue weighted by Crippen LogP contribution is -2.15. The van der Waals surface area contributed by atoms with Gasteiger partial charge < -0.3 is 5.73 Å². The van der Waals surface area contributed by atoms with Gasteiger partial charge in [-0.1, -0.05) is 20.8 Å². The first-order valence-corrected chi connectivity index (χ1v) is 5.38. The average Bonchev–Trinajstić information content (AvgIpc) is 2.11. The number of nitro benzene ring substituents is 1. The van der Waals surface area contributed by atoms with Crippen LogP contribution in [0.5, 0.6) is 0 Å². The molecule has 0 heterocycles. The van der Waals surface area contributed by atoms with Crippen molar-refractivity contribution in [2.24, 2.45) is 0 Å². The highest BCUT2D eigenvalue weighted by Gasteiger charge is 2.27. The van der Waals surface area contributed by atoms with Crippen LogP contribution in [0.25, 0.3) is 0 Å². The van der Waals surface area contributed by atoms with Crippen LogP contribution < -0.4 is 5.73 Å². The summed E-state index contributed by atoms with van der Waals surface area (Å²) < 4.78 is 13.5. The Balaban J connectivity index is 3.61. The van der Waals surface area contributed by atoms with Gasteiger partial charge in [0.05, 0.1) is 15.1 Å². The second kappa shape index (κ2) is 4.01. The van der Waals surface area contributed by atoms with Crippen molar-refractivity contribution in [3.8, 4) is 0 Å². The van der Waals surface area contributed by atoms with Crippen LogP contribution >= 0.6 is 15.9 Å². The molecular formula is C10H12BrFN2O2. The third-order valence-electron chi connectivity index (χ3n) is 2.23. The summed E-state index contributed by atoms with van der Waals surface area (Å²) in [7, 11) is 0. The van der Waals surface area contributed by atoms with Crippen LogP contribution in [0.1, 0.15) is 26.3 Å². The minimum Gasteiger partial charge on any atom is -0.397 e. The Morgan fingerprint density at radius 2 is 2.00 bits per heavy atom. The first-order chi connectivity index (χ1) is 7.16. The van der Waals surface area contributed by atoms with E-state index in [-0.39, 0.29) is 15.6 Å². The van der Waals surface area contributed by atoms with Crippen LogP contribution in [0.2, 0.25) is 0 Å². The molecule has 1 aromatic carbocycles. The summed E-state index contributed by atoms with van der Waals surface area (Å²) in [6.45, 7) is 5.56. The van der Waals surface area contributed by atoms with Crippen molar-refractivity contribution in [2.75, 3.05) is 5.73 Å². The maximum absolute atomic E-state index is 13.5. The molecule has 1 rings (SSSR count). The number of hydrogen-bond acceptors (Lipinski definition) is 3. The Bertz CT molecular complexity index is 455. The molecule has 0 spiro atoms. The quantitative estimate of drug-likeness (QED) is 0.490. The predicted molar refractivity (Wildman–Crippen MR) is 63.9 cm³/mol. The number of nitrogen functional groups attached to an aromatic ring is 1. The molecule has 4 nitrogen and oxygen atoms in total. The van der Waals surface area contributed by atoms with Gasteiger partial charge in [-0.05, 0) is 26.9 Å². The molecule has 0 aliphatic heterocycles. The Labute approximate surface area is 101 Å². The van der Waals surface area contributed by atoms with Crippen LogP contribution in [0.15, 0.2) is 10.5 Å². The van der Waals surface area contributed by atoms with Crippen LogP contribution in [0.3, 0.4) is 0 Å². The maximum Gasteiger partial charge on any atom is 0.306 e. The van der Waals surface area contributed by atoms with Gasteiger partial charge in [-0.2, -0.15) is 4.39 Å². The van der Waals surface area contributed by atoms with Gasteiger partial charge >= 0.3 is 5.69 Å². The zero-order valence-electron chi connectivity index (χ0n) is 9.17. The van der Waals surface area contributed by atoms with Gasteiger partial charge in [0.2, 0.25) is 5.82 Å². The van der Waals surface area contributed by atoms with Crippen LogP contribution in [-0.2, 0) is 5.41 Å². The molecule has 0 saturated heterocycles. The molecule has 0 radical (unpaired) electrons. The number of anilines is 1. The summed E-state index contributed by atoms with van der Waals surface area (Å²) in [6, 6.07) is 1.19. The van der Waals surface area contributed by atoms with Crippen molar-refractivity contribution in [2.45, 2.75) is 26.2 Å². The summed E-state index contributed by atoms with van der Waals surface area (Å²) in [6.07, 6.45) is 0. The van der Waals surface area contributed by atoms with E-state index in [2.05, 4.69) is 15.9 Å². The Hall–Kier alpha value is -1.17. The van der Waals surface area contributed by atoms with Gasteiger partial charge in [-0.25, -0.2) is 0 Å². The van der Waals surface area contributed by atoms with E-state index >= 15 is 0 Å². The zero-order valence-corrected chi connectivity index (χ0v) is 10.8. The molecular weight excluding hydrogens is 279 g/mol. The minimum absolute atomic E-state index is 0.0494. The molecule has 1 aromatic rings. The number of nitrogens with zero attached hydrogens (tertiary/aromatic N) is 1. The summed E-state index contributed by atoms with van der Waals surface area (Å²) in [5, 5.41) is 10.7. The van der Waals surface area contributed by atoms with Gasteiger partial charge in [0, 0.05) is 6.07 Å². The molecule has 0 saturated carbocycles. The van der Waals surface area contributed by atoms with E-state index in [4.69, 9.17) is 5.73 Å². The minimum atomic E-state index is -0.935. The standard InChI is InChI=1S/C10H12BrFN2O2/c1-10(2,3)5-4-6(14(15)16)8(12)7(11)9(5)13/h4H,13H2,1-3H3. The molecule has 0 aliphatic rings. The molecule has 0 unspecified atom stereocenters. The molecule has 0 bridgehead atoms. The van der Waals surface area contributed by atoms with Crippen LogP contribution in [0.4, 0.5) is 15.8 Å². The number of nitrogens with two attached hydrogens (primary N) is 1. The number of rotatable bonds is 1. The predicted octanol–water partition coefficient (Wildman–Crippen LogP) is 3.38. The Morgan fingerprint density at radius 1 is 1.50 bits per heavy atom. The van der Waals surface area contributed by atoms with E-state index in [0.29, 0.717) is 5.56 Å². The Kier molecular flexibility index (Phi) is 3.23. The molecule has 0 amide bonds. The largest absolute Gasteiger partial charge is 0.397 e. The fraction of sp³-hybridized carbons (Fsp3) is 0.400. The van der Waals surface area contributed by atoms with Gasteiger partial charge in [0.1, 0.15) is 0 Å². The molecule has 88 valence electrons. The normalized spacial score (nSPS) is 11.6. The lowest BCUT2D eigenvalue weighted by Gasteiger charge is -2.21. The number of hydrogen-bond donors (Lipinski definition) is 1. The second-order valence-corrected chi connectivity index (χ2v) is 5.29. The third kappa shape index (κ3) is 2.16. The molecule has 16 heavy (non-hydrogen) atoms. The van der Waals surface area contributed by atoms with E-state index in [1.807, 2.05) is 20.8 Å². The highest BCUT2D eigenvalue weighted by Crippen LogP contribution is 2.38. The number of benzene rings is 1. The fourth-order valence-corrected chi connectivity index (χ4v) is 1.80. The molecule has 0 atom stereocenters. The van der Waals surface area contributed by atoms with Crippen LogP contribution in [-0.4, -0.2) is 4.92 Å². The molecule has 0 aliphatic carbocycles. The van der Waals surface area contributed by atoms with Gasteiger partial charge in [-0.15, -0.1) is 0 Å². The lowest BCUT2D eigenvalue weighted by atomic mass is 9.85. The fourth-order valence-electron chi connectivity index (χ4n) is 1.38. The second-order valence-electron chi connectivity index (χ2n) is 4.49. The summed E-state index contributed by atoms with van der Waals surface area (Å²) in [5.41, 5.74) is 5.53. The molecule has 0 fully saturated rings.